The number of aldehydes is 1. The molecule has 34 heavy (non-hydrogen) atoms. The molecule has 1 fully saturated rings. The quantitative estimate of drug-likeness (QED) is 0.0876. The van der Waals surface area contributed by atoms with Gasteiger partial charge in [-0.1, -0.05) is 79.9 Å². The first-order valence-electron chi connectivity index (χ1n) is 13.4. The van der Waals surface area contributed by atoms with Gasteiger partial charge in [0.15, 0.2) is 16.6 Å². The third-order valence-corrected chi connectivity index (χ3v) is 17.7. The molecule has 0 radical (unpaired) electrons. The molecule has 0 spiro atoms. The molecule has 1 aliphatic rings. The molecule has 0 N–H and O–H groups in total. The average molecular weight is 507 g/mol. The molecule has 0 aromatic heterocycles. The molecule has 1 saturated carbocycles. The topological polar surface area (TPSA) is 35.5 Å². The fourth-order valence-corrected chi connectivity index (χ4v) is 6.96. The summed E-state index contributed by atoms with van der Waals surface area (Å²) in [6.45, 7) is 25.2. The van der Waals surface area contributed by atoms with Gasteiger partial charge in [-0.3, -0.25) is 0 Å². The van der Waals surface area contributed by atoms with E-state index in [1.807, 2.05) is 0 Å². The number of carbonyl (C=O) groups excluding carboxylic acids is 1. The molecule has 0 aromatic carbocycles. The second kappa shape index (κ2) is 12.5. The highest BCUT2D eigenvalue weighted by atomic mass is 28.4. The van der Waals surface area contributed by atoms with Crippen molar-refractivity contribution in [3.63, 3.8) is 0 Å². The van der Waals surface area contributed by atoms with Crippen LogP contribution in [0.2, 0.25) is 36.3 Å². The maximum Gasteiger partial charge on any atom is 0.192 e. The van der Waals surface area contributed by atoms with E-state index in [1.165, 1.54) is 19.3 Å². The van der Waals surface area contributed by atoms with Crippen LogP contribution in [0.1, 0.15) is 87.0 Å². The summed E-state index contributed by atoms with van der Waals surface area (Å²) in [7, 11) is -3.88. The summed E-state index contributed by atoms with van der Waals surface area (Å²) in [5.74, 6) is 3.09. The van der Waals surface area contributed by atoms with Gasteiger partial charge in [0.25, 0.3) is 0 Å². The van der Waals surface area contributed by atoms with Gasteiger partial charge >= 0.3 is 0 Å². The molecule has 5 atom stereocenters. The zero-order chi connectivity index (χ0) is 26.4. The first-order chi connectivity index (χ1) is 15.5. The standard InChI is InChI=1S/C29H54O3Si2/c1-13-15-16-18-24(31-33(9,10)28(3,4)5)19-20-26-25(17-14-2)23(22-30)21-27(26)32-34(11,12)29(6,7)8/h2,19-20,22-27H,13,15-18,21H2,1,3-12H3/b20-19+/t23-,24+,25+,26-,27-/m1/s1. The van der Waals surface area contributed by atoms with E-state index < -0.39 is 16.6 Å². The van der Waals surface area contributed by atoms with E-state index in [0.717, 1.165) is 19.1 Å². The summed E-state index contributed by atoms with van der Waals surface area (Å²) in [4.78, 5) is 12.0. The highest BCUT2D eigenvalue weighted by Gasteiger charge is 2.47. The molecule has 196 valence electrons. The van der Waals surface area contributed by atoms with Crippen molar-refractivity contribution in [1.82, 2.24) is 0 Å². The molecule has 0 saturated heterocycles. The Kier molecular flexibility index (Phi) is 11.5. The largest absolute Gasteiger partial charge is 0.413 e. The molecule has 0 amide bonds. The van der Waals surface area contributed by atoms with E-state index in [4.69, 9.17) is 15.3 Å². The normalized spacial score (nSPS) is 25.5. The molecule has 0 bridgehead atoms. The number of carbonyl (C=O) groups is 1. The predicted molar refractivity (Wildman–Crippen MR) is 152 cm³/mol. The number of rotatable bonds is 12. The van der Waals surface area contributed by atoms with Gasteiger partial charge in [0.1, 0.15) is 6.29 Å². The lowest BCUT2D eigenvalue weighted by atomic mass is 9.86. The van der Waals surface area contributed by atoms with Crippen molar-refractivity contribution in [2.45, 2.75) is 135 Å². The van der Waals surface area contributed by atoms with Crippen molar-refractivity contribution < 1.29 is 13.6 Å². The van der Waals surface area contributed by atoms with Crippen LogP contribution in [0.3, 0.4) is 0 Å². The first kappa shape index (κ1) is 31.4. The van der Waals surface area contributed by atoms with E-state index in [2.05, 4.69) is 92.7 Å². The summed E-state index contributed by atoms with van der Waals surface area (Å²) in [5.41, 5.74) is 0. The van der Waals surface area contributed by atoms with Gasteiger partial charge in [0, 0.05) is 18.3 Å². The van der Waals surface area contributed by atoms with E-state index in [9.17, 15) is 4.79 Å². The maximum atomic E-state index is 12.0. The maximum absolute atomic E-state index is 12.0. The fourth-order valence-electron chi connectivity index (χ4n) is 4.29. The van der Waals surface area contributed by atoms with E-state index in [-0.39, 0.29) is 40.0 Å². The number of hydrogen-bond acceptors (Lipinski definition) is 3. The van der Waals surface area contributed by atoms with Crippen LogP contribution in [0, 0.1) is 30.1 Å². The first-order valence-corrected chi connectivity index (χ1v) is 19.2. The highest BCUT2D eigenvalue weighted by molar-refractivity contribution is 6.74. The van der Waals surface area contributed by atoms with Crippen LogP contribution < -0.4 is 0 Å². The van der Waals surface area contributed by atoms with Crippen LogP contribution in [0.15, 0.2) is 12.2 Å². The van der Waals surface area contributed by atoms with Gasteiger partial charge < -0.3 is 13.6 Å². The molecular formula is C29H54O3Si2. The van der Waals surface area contributed by atoms with Crippen molar-refractivity contribution >= 4 is 22.9 Å². The van der Waals surface area contributed by atoms with Gasteiger partial charge in [-0.05, 0) is 55.0 Å². The Hall–Kier alpha value is -0.676. The molecule has 0 aromatic rings. The Morgan fingerprint density at radius 1 is 1.03 bits per heavy atom. The lowest BCUT2D eigenvalue weighted by Gasteiger charge is -2.40. The summed E-state index contributed by atoms with van der Waals surface area (Å²) in [6, 6.07) is 0. The van der Waals surface area contributed by atoms with Gasteiger partial charge in [-0.2, -0.15) is 0 Å². The number of terminal acetylenes is 1. The van der Waals surface area contributed by atoms with Gasteiger partial charge in [-0.25, -0.2) is 0 Å². The molecule has 0 unspecified atom stereocenters. The second-order valence-corrected chi connectivity index (χ2v) is 22.9. The number of hydrogen-bond donors (Lipinski definition) is 0. The van der Waals surface area contributed by atoms with E-state index in [1.54, 1.807) is 0 Å². The molecular weight excluding hydrogens is 452 g/mol. The van der Waals surface area contributed by atoms with E-state index >= 15 is 0 Å². The lowest BCUT2D eigenvalue weighted by molar-refractivity contribution is -0.112. The smallest absolute Gasteiger partial charge is 0.192 e. The zero-order valence-corrected chi connectivity index (χ0v) is 26.2. The monoisotopic (exact) mass is 506 g/mol. The van der Waals surface area contributed by atoms with Crippen molar-refractivity contribution in [3.05, 3.63) is 12.2 Å². The molecule has 5 heteroatoms. The Balaban J connectivity index is 3.27. The van der Waals surface area contributed by atoms with Crippen LogP contribution in [0.25, 0.3) is 0 Å². The summed E-state index contributed by atoms with van der Waals surface area (Å²) in [6.07, 6.45) is 17.6. The lowest BCUT2D eigenvalue weighted by Crippen LogP contribution is -2.45. The molecule has 1 aliphatic carbocycles. The second-order valence-electron chi connectivity index (χ2n) is 13.4. The zero-order valence-electron chi connectivity index (χ0n) is 24.2. The van der Waals surface area contributed by atoms with Gasteiger partial charge in [0.05, 0.1) is 12.2 Å². The Morgan fingerprint density at radius 2 is 1.62 bits per heavy atom. The van der Waals surface area contributed by atoms with Crippen LogP contribution in [0.4, 0.5) is 0 Å². The average Bonchev–Trinajstić information content (AvgIpc) is 3.00. The summed E-state index contributed by atoms with van der Waals surface area (Å²) in [5, 5.41) is 0.288. The van der Waals surface area contributed by atoms with Crippen LogP contribution in [0.5, 0.6) is 0 Å². The Labute approximate surface area is 214 Å². The minimum atomic E-state index is -1.98. The van der Waals surface area contributed by atoms with Crippen molar-refractivity contribution in [3.8, 4) is 12.3 Å². The Bertz CT molecular complexity index is 706. The van der Waals surface area contributed by atoms with E-state index in [0.29, 0.717) is 6.42 Å². The van der Waals surface area contributed by atoms with Crippen molar-refractivity contribution in [2.24, 2.45) is 17.8 Å². The SMILES string of the molecule is C#CC[C@@H]1[C@@H](/C=C/[C@H](CCCCC)O[Si](C)(C)C(C)(C)C)[C@H](O[Si](C)(C)C(C)(C)C)C[C@@H]1C=O. The van der Waals surface area contributed by atoms with Crippen molar-refractivity contribution in [2.75, 3.05) is 0 Å². The predicted octanol–water partition coefficient (Wildman–Crippen LogP) is 8.38. The van der Waals surface area contributed by atoms with Crippen molar-refractivity contribution in [1.29, 1.82) is 0 Å². The Morgan fingerprint density at radius 3 is 2.09 bits per heavy atom. The third kappa shape index (κ3) is 8.47. The minimum absolute atomic E-state index is 0.0369. The third-order valence-electron chi connectivity index (χ3n) is 8.65. The molecule has 3 nitrogen and oxygen atoms in total. The fraction of sp³-hybridized carbons (Fsp3) is 0.828. The highest BCUT2D eigenvalue weighted by Crippen LogP contribution is 2.46. The molecule has 0 heterocycles. The summed E-state index contributed by atoms with van der Waals surface area (Å²) >= 11 is 0. The van der Waals surface area contributed by atoms with Crippen LogP contribution in [-0.4, -0.2) is 35.1 Å². The summed E-state index contributed by atoms with van der Waals surface area (Å²) < 4.78 is 13.8. The molecule has 0 aliphatic heterocycles. The number of unbranched alkanes of at least 4 members (excludes halogenated alkanes) is 2. The molecule has 1 rings (SSSR count). The van der Waals surface area contributed by atoms with Crippen LogP contribution in [-0.2, 0) is 13.6 Å². The van der Waals surface area contributed by atoms with Crippen LogP contribution >= 0.6 is 0 Å². The minimum Gasteiger partial charge on any atom is -0.413 e. The van der Waals surface area contributed by atoms with Gasteiger partial charge in [-0.15, -0.1) is 12.3 Å². The van der Waals surface area contributed by atoms with Gasteiger partial charge in [0.2, 0.25) is 0 Å².